The molecule has 0 saturated carbocycles. The molecule has 0 spiro atoms. The zero-order valence-electron chi connectivity index (χ0n) is 12.5. The highest BCUT2D eigenvalue weighted by atomic mass is 35.5. The number of ether oxygens (including phenoxy) is 1. The number of halogens is 1. The average molecular weight is 326 g/mol. The Kier molecular flexibility index (Phi) is 4.79. The summed E-state index contributed by atoms with van der Waals surface area (Å²) in [6, 6.07) is 21.0. The van der Waals surface area contributed by atoms with Crippen molar-refractivity contribution >= 4 is 28.3 Å². The van der Waals surface area contributed by atoms with Gasteiger partial charge in [-0.1, -0.05) is 66.2 Å². The Morgan fingerprint density at radius 2 is 1.61 bits per heavy atom. The van der Waals surface area contributed by atoms with E-state index in [0.717, 1.165) is 16.3 Å². The van der Waals surface area contributed by atoms with E-state index < -0.39 is 0 Å². The van der Waals surface area contributed by atoms with Crippen molar-refractivity contribution in [2.24, 2.45) is 0 Å². The molecule has 0 aliphatic heterocycles. The molecular formula is C19H16ClNO2. The molecule has 4 heteroatoms. The van der Waals surface area contributed by atoms with Crippen molar-refractivity contribution in [3.63, 3.8) is 0 Å². The van der Waals surface area contributed by atoms with Crippen molar-refractivity contribution < 1.29 is 9.53 Å². The summed E-state index contributed by atoms with van der Waals surface area (Å²) in [6.07, 6.45) is 0. The lowest BCUT2D eigenvalue weighted by Crippen LogP contribution is -2.28. The van der Waals surface area contributed by atoms with Gasteiger partial charge in [-0.15, -0.1) is 0 Å². The summed E-state index contributed by atoms with van der Waals surface area (Å²) in [7, 11) is 0. The quantitative estimate of drug-likeness (QED) is 0.764. The number of fused-ring (bicyclic) bond motifs is 1. The van der Waals surface area contributed by atoms with Crippen LogP contribution in [0.4, 0.5) is 0 Å². The first-order valence-electron chi connectivity index (χ1n) is 7.35. The third-order valence-corrected chi connectivity index (χ3v) is 3.85. The molecule has 3 aromatic rings. The van der Waals surface area contributed by atoms with E-state index in [4.69, 9.17) is 16.3 Å². The van der Waals surface area contributed by atoms with Crippen LogP contribution >= 0.6 is 11.6 Å². The molecule has 0 fully saturated rings. The van der Waals surface area contributed by atoms with Gasteiger partial charge in [-0.25, -0.2) is 0 Å². The molecule has 116 valence electrons. The molecule has 0 bridgehead atoms. The minimum atomic E-state index is -0.159. The highest BCUT2D eigenvalue weighted by Gasteiger charge is 2.07. The molecule has 0 aliphatic carbocycles. The number of amides is 1. The fourth-order valence-corrected chi connectivity index (χ4v) is 2.58. The standard InChI is InChI=1S/C19H16ClNO2/c20-17-10-11-18(16-9-5-4-8-15(16)17)23-13-19(22)21-12-14-6-2-1-3-7-14/h1-11H,12-13H2,(H,21,22). The molecule has 0 aliphatic rings. The molecule has 1 amide bonds. The molecule has 0 heterocycles. The van der Waals surface area contributed by atoms with Gasteiger partial charge in [-0.3, -0.25) is 4.79 Å². The van der Waals surface area contributed by atoms with Crippen molar-refractivity contribution in [3.8, 4) is 5.75 Å². The fraction of sp³-hybridized carbons (Fsp3) is 0.105. The second kappa shape index (κ2) is 7.16. The molecule has 3 aromatic carbocycles. The number of benzene rings is 3. The molecule has 0 atom stereocenters. The minimum Gasteiger partial charge on any atom is -0.483 e. The molecule has 0 unspecified atom stereocenters. The first-order chi connectivity index (χ1) is 11.2. The predicted octanol–water partition coefficient (Wildman–Crippen LogP) is 4.19. The zero-order chi connectivity index (χ0) is 16.1. The van der Waals surface area contributed by atoms with Crippen LogP contribution in [-0.4, -0.2) is 12.5 Å². The van der Waals surface area contributed by atoms with Crippen molar-refractivity contribution in [3.05, 3.63) is 77.3 Å². The molecule has 3 nitrogen and oxygen atoms in total. The number of carbonyl (C=O) groups is 1. The molecule has 0 radical (unpaired) electrons. The van der Waals surface area contributed by atoms with Gasteiger partial charge in [0, 0.05) is 22.3 Å². The van der Waals surface area contributed by atoms with E-state index in [2.05, 4.69) is 5.32 Å². The van der Waals surface area contributed by atoms with E-state index in [9.17, 15) is 4.79 Å². The summed E-state index contributed by atoms with van der Waals surface area (Å²) in [5.74, 6) is 0.493. The monoisotopic (exact) mass is 325 g/mol. The van der Waals surface area contributed by atoms with Crippen LogP contribution < -0.4 is 10.1 Å². The first kappa shape index (κ1) is 15.4. The van der Waals surface area contributed by atoms with E-state index >= 15 is 0 Å². The topological polar surface area (TPSA) is 38.3 Å². The van der Waals surface area contributed by atoms with Crippen LogP contribution in [0.2, 0.25) is 5.02 Å². The number of carbonyl (C=O) groups excluding carboxylic acids is 1. The molecule has 1 N–H and O–H groups in total. The van der Waals surface area contributed by atoms with Crippen molar-refractivity contribution in [2.75, 3.05) is 6.61 Å². The largest absolute Gasteiger partial charge is 0.483 e. The zero-order valence-corrected chi connectivity index (χ0v) is 13.2. The summed E-state index contributed by atoms with van der Waals surface area (Å²) in [5, 5.41) is 5.32. The van der Waals surface area contributed by atoms with Gasteiger partial charge in [0.05, 0.1) is 0 Å². The summed E-state index contributed by atoms with van der Waals surface area (Å²) < 4.78 is 5.65. The van der Waals surface area contributed by atoms with E-state index in [-0.39, 0.29) is 12.5 Å². The number of nitrogens with one attached hydrogen (secondary N) is 1. The molecule has 23 heavy (non-hydrogen) atoms. The minimum absolute atomic E-state index is 0.0293. The molecular weight excluding hydrogens is 310 g/mol. The summed E-state index contributed by atoms with van der Waals surface area (Å²) in [6.45, 7) is 0.461. The van der Waals surface area contributed by atoms with Gasteiger partial charge in [0.15, 0.2) is 6.61 Å². The van der Waals surface area contributed by atoms with Crippen molar-refractivity contribution in [1.29, 1.82) is 0 Å². The lowest BCUT2D eigenvalue weighted by Gasteiger charge is -2.10. The van der Waals surface area contributed by atoms with Gasteiger partial charge in [0.2, 0.25) is 0 Å². The fourth-order valence-electron chi connectivity index (χ4n) is 2.35. The van der Waals surface area contributed by atoms with Crippen LogP contribution in [0.5, 0.6) is 5.75 Å². The summed E-state index contributed by atoms with van der Waals surface area (Å²) >= 11 is 6.17. The number of rotatable bonds is 5. The van der Waals surface area contributed by atoms with E-state index in [1.807, 2.05) is 54.6 Å². The lowest BCUT2D eigenvalue weighted by molar-refractivity contribution is -0.123. The third-order valence-electron chi connectivity index (χ3n) is 3.52. The Hall–Kier alpha value is -2.52. The van der Waals surface area contributed by atoms with Gasteiger partial charge >= 0.3 is 0 Å². The second-order valence-corrected chi connectivity index (χ2v) is 5.55. The normalized spacial score (nSPS) is 10.5. The van der Waals surface area contributed by atoms with Crippen LogP contribution in [0, 0.1) is 0 Å². The highest BCUT2D eigenvalue weighted by molar-refractivity contribution is 6.35. The Morgan fingerprint density at radius 3 is 2.39 bits per heavy atom. The van der Waals surface area contributed by atoms with E-state index in [1.165, 1.54) is 0 Å². The number of hydrogen-bond acceptors (Lipinski definition) is 2. The van der Waals surface area contributed by atoms with E-state index in [1.54, 1.807) is 12.1 Å². The summed E-state index contributed by atoms with van der Waals surface area (Å²) in [5.41, 5.74) is 1.05. The Morgan fingerprint density at radius 1 is 0.913 bits per heavy atom. The van der Waals surface area contributed by atoms with Gasteiger partial charge in [0.25, 0.3) is 5.91 Å². The van der Waals surface area contributed by atoms with Crippen LogP contribution in [0.1, 0.15) is 5.56 Å². The van der Waals surface area contributed by atoms with Crippen LogP contribution in [0.3, 0.4) is 0 Å². The molecule has 0 saturated heterocycles. The third kappa shape index (κ3) is 3.82. The van der Waals surface area contributed by atoms with Gasteiger partial charge in [0.1, 0.15) is 5.75 Å². The van der Waals surface area contributed by atoms with Crippen LogP contribution in [-0.2, 0) is 11.3 Å². The van der Waals surface area contributed by atoms with Crippen LogP contribution in [0.25, 0.3) is 10.8 Å². The smallest absolute Gasteiger partial charge is 0.258 e. The Bertz CT molecular complexity index is 818. The van der Waals surface area contributed by atoms with Crippen molar-refractivity contribution in [1.82, 2.24) is 5.32 Å². The molecule has 3 rings (SSSR count). The summed E-state index contributed by atoms with van der Waals surface area (Å²) in [4.78, 5) is 11.9. The Balaban J connectivity index is 1.62. The van der Waals surface area contributed by atoms with E-state index in [0.29, 0.717) is 17.3 Å². The maximum absolute atomic E-state index is 11.9. The maximum Gasteiger partial charge on any atom is 0.258 e. The number of hydrogen-bond donors (Lipinski definition) is 1. The maximum atomic E-state index is 11.9. The molecule has 0 aromatic heterocycles. The highest BCUT2D eigenvalue weighted by Crippen LogP contribution is 2.31. The van der Waals surface area contributed by atoms with Crippen molar-refractivity contribution in [2.45, 2.75) is 6.54 Å². The van der Waals surface area contributed by atoms with Gasteiger partial charge in [-0.05, 0) is 17.7 Å². The average Bonchev–Trinajstić information content (AvgIpc) is 2.60. The van der Waals surface area contributed by atoms with Gasteiger partial charge in [-0.2, -0.15) is 0 Å². The predicted molar refractivity (Wildman–Crippen MR) is 92.7 cm³/mol. The van der Waals surface area contributed by atoms with Gasteiger partial charge < -0.3 is 10.1 Å². The SMILES string of the molecule is O=C(COc1ccc(Cl)c2ccccc12)NCc1ccccc1. The lowest BCUT2D eigenvalue weighted by atomic mass is 10.1. The first-order valence-corrected chi connectivity index (χ1v) is 7.72. The second-order valence-electron chi connectivity index (χ2n) is 5.14. The van der Waals surface area contributed by atoms with Crippen LogP contribution in [0.15, 0.2) is 66.7 Å². The Labute approximate surface area is 139 Å².